The lowest BCUT2D eigenvalue weighted by Crippen LogP contribution is -2.51. The van der Waals surface area contributed by atoms with Crippen molar-refractivity contribution in [3.63, 3.8) is 0 Å². The maximum atomic E-state index is 12.9. The summed E-state index contributed by atoms with van der Waals surface area (Å²) in [7, 11) is -2.94. The van der Waals surface area contributed by atoms with Gasteiger partial charge < -0.3 is 10.6 Å². The van der Waals surface area contributed by atoms with Gasteiger partial charge in [-0.1, -0.05) is 12.8 Å². The summed E-state index contributed by atoms with van der Waals surface area (Å²) in [5.74, 6) is 0.693. The Kier molecular flexibility index (Phi) is 6.01. The minimum absolute atomic E-state index is 0. The standard InChI is InChI=1S/C16H28N2O3S.ClH/c1-22(20,21)14-7-5-13(6-8-14)18-15(19)16-9-3-2-4-12(16)10-17-11-16;/h12-14,17H,2-11H2,1H3,(H,18,19);1H/t12-,13?,14?,16+;/m0./s1. The molecule has 7 heteroatoms. The van der Waals surface area contributed by atoms with E-state index >= 15 is 0 Å². The third-order valence-electron chi connectivity index (χ3n) is 6.11. The number of hydrogen-bond donors (Lipinski definition) is 2. The van der Waals surface area contributed by atoms with Gasteiger partial charge in [0.05, 0.1) is 10.7 Å². The molecule has 0 aromatic heterocycles. The van der Waals surface area contributed by atoms with E-state index in [4.69, 9.17) is 0 Å². The molecule has 3 fully saturated rings. The molecule has 3 rings (SSSR count). The van der Waals surface area contributed by atoms with Crippen LogP contribution in [-0.4, -0.2) is 45.0 Å². The Morgan fingerprint density at radius 1 is 1.13 bits per heavy atom. The Hall–Kier alpha value is -0.330. The predicted molar refractivity (Wildman–Crippen MR) is 93.5 cm³/mol. The van der Waals surface area contributed by atoms with Crippen molar-refractivity contribution in [1.29, 1.82) is 0 Å². The van der Waals surface area contributed by atoms with Crippen molar-refractivity contribution in [2.75, 3.05) is 19.3 Å². The molecule has 2 atom stereocenters. The molecule has 0 bridgehead atoms. The summed E-state index contributed by atoms with van der Waals surface area (Å²) in [5, 5.41) is 6.45. The summed E-state index contributed by atoms with van der Waals surface area (Å²) >= 11 is 0. The SMILES string of the molecule is CS(=O)(=O)C1CCC(NC(=O)[C@@]23CCCC[C@H]2CNC3)CC1.Cl. The van der Waals surface area contributed by atoms with Crippen molar-refractivity contribution in [1.82, 2.24) is 10.6 Å². The number of nitrogens with one attached hydrogen (secondary N) is 2. The average Bonchev–Trinajstić information content (AvgIpc) is 2.92. The monoisotopic (exact) mass is 364 g/mol. The molecule has 0 radical (unpaired) electrons. The van der Waals surface area contributed by atoms with Crippen molar-refractivity contribution in [3.05, 3.63) is 0 Å². The van der Waals surface area contributed by atoms with Crippen LogP contribution in [0.5, 0.6) is 0 Å². The highest BCUT2D eigenvalue weighted by Gasteiger charge is 2.50. The minimum Gasteiger partial charge on any atom is -0.353 e. The molecule has 23 heavy (non-hydrogen) atoms. The van der Waals surface area contributed by atoms with Crippen LogP contribution >= 0.6 is 12.4 Å². The second-order valence-corrected chi connectivity index (χ2v) is 9.83. The number of fused-ring (bicyclic) bond motifs is 1. The average molecular weight is 365 g/mol. The van der Waals surface area contributed by atoms with E-state index in [-0.39, 0.29) is 35.0 Å². The van der Waals surface area contributed by atoms with Gasteiger partial charge in [0.1, 0.15) is 9.84 Å². The summed E-state index contributed by atoms with van der Waals surface area (Å²) in [6, 6.07) is 0.156. The molecule has 1 heterocycles. The van der Waals surface area contributed by atoms with Crippen LogP contribution in [0.15, 0.2) is 0 Å². The van der Waals surface area contributed by atoms with Gasteiger partial charge >= 0.3 is 0 Å². The zero-order valence-electron chi connectivity index (χ0n) is 13.8. The lowest BCUT2D eigenvalue weighted by Gasteiger charge is -2.39. The van der Waals surface area contributed by atoms with Crippen LogP contribution in [0.1, 0.15) is 51.4 Å². The smallest absolute Gasteiger partial charge is 0.228 e. The Morgan fingerprint density at radius 2 is 1.83 bits per heavy atom. The third kappa shape index (κ3) is 3.85. The fourth-order valence-electron chi connectivity index (χ4n) is 4.65. The number of rotatable bonds is 3. The molecule has 5 nitrogen and oxygen atoms in total. The summed E-state index contributed by atoms with van der Waals surface area (Å²) < 4.78 is 23.2. The van der Waals surface area contributed by atoms with Crippen molar-refractivity contribution in [2.45, 2.75) is 62.7 Å². The van der Waals surface area contributed by atoms with Gasteiger partial charge in [-0.2, -0.15) is 0 Å². The molecule has 2 aliphatic carbocycles. The zero-order chi connectivity index (χ0) is 15.8. The summed E-state index contributed by atoms with van der Waals surface area (Å²) in [6.07, 6.45) is 8.79. The molecular weight excluding hydrogens is 336 g/mol. The Morgan fingerprint density at radius 3 is 2.48 bits per heavy atom. The number of halogens is 1. The molecule has 0 aromatic carbocycles. The van der Waals surface area contributed by atoms with Gasteiger partial charge in [0.25, 0.3) is 0 Å². The van der Waals surface area contributed by atoms with E-state index in [0.717, 1.165) is 45.2 Å². The first-order valence-corrected chi connectivity index (χ1v) is 10.6. The summed E-state index contributed by atoms with van der Waals surface area (Å²) in [4.78, 5) is 12.9. The molecular formula is C16H29ClN2O3S. The highest BCUT2D eigenvalue weighted by Crippen LogP contribution is 2.44. The van der Waals surface area contributed by atoms with Gasteiger partial charge in [0.2, 0.25) is 5.91 Å². The fraction of sp³-hybridized carbons (Fsp3) is 0.938. The number of carbonyl (C=O) groups excluding carboxylic acids is 1. The fourth-order valence-corrected chi connectivity index (χ4v) is 5.78. The van der Waals surface area contributed by atoms with Gasteiger partial charge in [0, 0.05) is 18.8 Å². The van der Waals surface area contributed by atoms with Crippen molar-refractivity contribution in [3.8, 4) is 0 Å². The van der Waals surface area contributed by atoms with Gasteiger partial charge in [-0.05, 0) is 51.0 Å². The van der Waals surface area contributed by atoms with E-state index < -0.39 is 9.84 Å². The third-order valence-corrected chi connectivity index (χ3v) is 7.79. The number of hydrogen-bond acceptors (Lipinski definition) is 4. The summed E-state index contributed by atoms with van der Waals surface area (Å²) in [5.41, 5.74) is -0.202. The van der Waals surface area contributed by atoms with Crippen LogP contribution in [0.2, 0.25) is 0 Å². The Labute approximate surface area is 145 Å². The van der Waals surface area contributed by atoms with Crippen LogP contribution in [0, 0.1) is 11.3 Å². The zero-order valence-corrected chi connectivity index (χ0v) is 15.5. The van der Waals surface area contributed by atoms with Crippen molar-refractivity contribution >= 4 is 28.2 Å². The van der Waals surface area contributed by atoms with Gasteiger partial charge in [0.15, 0.2) is 0 Å². The lowest BCUT2D eigenvalue weighted by atomic mass is 9.67. The van der Waals surface area contributed by atoms with Crippen LogP contribution in [0.3, 0.4) is 0 Å². The highest BCUT2D eigenvalue weighted by atomic mass is 35.5. The Balaban J connectivity index is 0.00000192. The molecule has 134 valence electrons. The highest BCUT2D eigenvalue weighted by molar-refractivity contribution is 7.91. The molecule has 0 aromatic rings. The summed E-state index contributed by atoms with van der Waals surface area (Å²) in [6.45, 7) is 1.77. The van der Waals surface area contributed by atoms with Crippen molar-refractivity contribution in [2.24, 2.45) is 11.3 Å². The quantitative estimate of drug-likeness (QED) is 0.798. The van der Waals surface area contributed by atoms with Crippen LogP contribution < -0.4 is 10.6 Å². The van der Waals surface area contributed by atoms with Crippen LogP contribution in [-0.2, 0) is 14.6 Å². The van der Waals surface area contributed by atoms with Gasteiger partial charge in [-0.3, -0.25) is 4.79 Å². The van der Waals surface area contributed by atoms with Crippen LogP contribution in [0.4, 0.5) is 0 Å². The van der Waals surface area contributed by atoms with E-state index in [2.05, 4.69) is 10.6 Å². The first-order valence-electron chi connectivity index (χ1n) is 8.62. The number of amides is 1. The molecule has 1 saturated heterocycles. The predicted octanol–water partition coefficient (Wildman–Crippen LogP) is 1.66. The van der Waals surface area contributed by atoms with Crippen molar-refractivity contribution < 1.29 is 13.2 Å². The molecule has 2 saturated carbocycles. The second-order valence-electron chi connectivity index (χ2n) is 7.51. The van der Waals surface area contributed by atoms with Crippen LogP contribution in [0.25, 0.3) is 0 Å². The van der Waals surface area contributed by atoms with E-state index in [9.17, 15) is 13.2 Å². The molecule has 1 amide bonds. The molecule has 0 spiro atoms. The van der Waals surface area contributed by atoms with Gasteiger partial charge in [-0.15, -0.1) is 12.4 Å². The second kappa shape index (κ2) is 7.28. The normalized spacial score (nSPS) is 37.5. The number of sulfone groups is 1. The maximum Gasteiger partial charge on any atom is 0.228 e. The van der Waals surface area contributed by atoms with E-state index in [1.54, 1.807) is 0 Å². The van der Waals surface area contributed by atoms with E-state index in [1.165, 1.54) is 12.7 Å². The molecule has 2 N–H and O–H groups in total. The first-order chi connectivity index (χ1) is 10.4. The minimum atomic E-state index is -2.94. The van der Waals surface area contributed by atoms with E-state index in [0.29, 0.717) is 18.8 Å². The molecule has 3 aliphatic rings. The maximum absolute atomic E-state index is 12.9. The molecule has 1 aliphatic heterocycles. The topological polar surface area (TPSA) is 75.3 Å². The van der Waals surface area contributed by atoms with Gasteiger partial charge in [-0.25, -0.2) is 8.42 Å². The number of carbonyl (C=O) groups is 1. The molecule has 0 unspecified atom stereocenters. The lowest BCUT2D eigenvalue weighted by molar-refractivity contribution is -0.135. The van der Waals surface area contributed by atoms with E-state index in [1.807, 2.05) is 0 Å². The first kappa shape index (κ1) is 19.0. The largest absolute Gasteiger partial charge is 0.353 e. The Bertz CT molecular complexity index is 531.